The third-order valence-electron chi connectivity index (χ3n) is 2.64. The van der Waals surface area contributed by atoms with Crippen molar-refractivity contribution in [1.29, 1.82) is 0 Å². The summed E-state index contributed by atoms with van der Waals surface area (Å²) in [7, 11) is 1.64. The molecule has 0 heterocycles. The zero-order chi connectivity index (χ0) is 13.1. The number of rotatable bonds is 3. The van der Waals surface area contributed by atoms with E-state index in [1.54, 1.807) is 7.11 Å². The first-order valence-electron chi connectivity index (χ1n) is 5.57. The van der Waals surface area contributed by atoms with Gasteiger partial charge >= 0.3 is 0 Å². The number of aryl methyl sites for hydroxylation is 1. The molecular formula is C14H15BrN2O. The first kappa shape index (κ1) is 12.8. The second kappa shape index (κ2) is 5.31. The van der Waals surface area contributed by atoms with Crippen molar-refractivity contribution in [2.24, 2.45) is 0 Å². The Balaban J connectivity index is 2.28. The highest BCUT2D eigenvalue weighted by Gasteiger charge is 2.04. The molecule has 94 valence electrons. The first-order chi connectivity index (χ1) is 8.60. The molecule has 0 fully saturated rings. The average Bonchev–Trinajstić information content (AvgIpc) is 2.35. The topological polar surface area (TPSA) is 47.3 Å². The molecule has 0 spiro atoms. The normalized spacial score (nSPS) is 10.2. The van der Waals surface area contributed by atoms with Crippen LogP contribution in [0.5, 0.6) is 5.75 Å². The van der Waals surface area contributed by atoms with E-state index in [4.69, 9.17) is 10.5 Å². The predicted molar refractivity (Wildman–Crippen MR) is 79.6 cm³/mol. The summed E-state index contributed by atoms with van der Waals surface area (Å²) in [5.41, 5.74) is 9.67. The maximum absolute atomic E-state index is 5.97. The highest BCUT2D eigenvalue weighted by atomic mass is 79.9. The summed E-state index contributed by atoms with van der Waals surface area (Å²) >= 11 is 3.42. The second-order valence-electron chi connectivity index (χ2n) is 4.07. The van der Waals surface area contributed by atoms with Crippen LogP contribution in [0.25, 0.3) is 0 Å². The number of benzene rings is 2. The van der Waals surface area contributed by atoms with Crippen LogP contribution in [0.3, 0.4) is 0 Å². The lowest BCUT2D eigenvalue weighted by Crippen LogP contribution is -1.97. The third-order valence-corrected chi connectivity index (χ3v) is 3.29. The highest BCUT2D eigenvalue weighted by molar-refractivity contribution is 9.10. The Morgan fingerprint density at radius 2 is 1.94 bits per heavy atom. The van der Waals surface area contributed by atoms with Gasteiger partial charge in [-0.05, 0) is 52.7 Å². The standard InChI is InChI=1S/C14H15BrN2O/c1-9-3-6-13(12(16)7-9)17-10-4-5-11(15)14(8-10)18-2/h3-8,17H,16H2,1-2H3. The van der Waals surface area contributed by atoms with Crippen LogP contribution in [0, 0.1) is 6.92 Å². The smallest absolute Gasteiger partial charge is 0.135 e. The number of methoxy groups -OCH3 is 1. The van der Waals surface area contributed by atoms with Gasteiger partial charge in [0.2, 0.25) is 0 Å². The molecule has 18 heavy (non-hydrogen) atoms. The molecule has 2 aromatic carbocycles. The van der Waals surface area contributed by atoms with Gasteiger partial charge in [0, 0.05) is 11.8 Å². The number of nitrogen functional groups attached to an aromatic ring is 1. The maximum atomic E-state index is 5.97. The molecular weight excluding hydrogens is 292 g/mol. The SMILES string of the molecule is COc1cc(Nc2ccc(C)cc2N)ccc1Br. The van der Waals surface area contributed by atoms with Crippen LogP contribution in [0.4, 0.5) is 17.1 Å². The maximum Gasteiger partial charge on any atom is 0.135 e. The minimum atomic E-state index is 0.733. The van der Waals surface area contributed by atoms with E-state index in [2.05, 4.69) is 21.2 Å². The fourth-order valence-electron chi connectivity index (χ4n) is 1.69. The molecule has 0 amide bonds. The van der Waals surface area contributed by atoms with Gasteiger partial charge in [0.15, 0.2) is 0 Å². The Hall–Kier alpha value is -1.68. The molecule has 3 nitrogen and oxygen atoms in total. The fraction of sp³-hybridized carbons (Fsp3) is 0.143. The highest BCUT2D eigenvalue weighted by Crippen LogP contribution is 2.30. The number of ether oxygens (including phenoxy) is 1. The minimum Gasteiger partial charge on any atom is -0.495 e. The molecule has 0 saturated heterocycles. The van der Waals surface area contributed by atoms with Crippen LogP contribution < -0.4 is 15.8 Å². The number of nitrogens with one attached hydrogen (secondary N) is 1. The van der Waals surface area contributed by atoms with Crippen molar-refractivity contribution >= 4 is 33.0 Å². The number of hydrogen-bond donors (Lipinski definition) is 2. The Kier molecular flexibility index (Phi) is 3.77. The fourth-order valence-corrected chi connectivity index (χ4v) is 2.10. The Labute approximate surface area is 115 Å². The number of anilines is 3. The molecule has 3 N–H and O–H groups in total. The van der Waals surface area contributed by atoms with Crippen molar-refractivity contribution in [2.75, 3.05) is 18.2 Å². The molecule has 0 unspecified atom stereocenters. The molecule has 0 aliphatic rings. The Morgan fingerprint density at radius 1 is 1.17 bits per heavy atom. The van der Waals surface area contributed by atoms with E-state index in [1.807, 2.05) is 43.3 Å². The molecule has 0 aromatic heterocycles. The van der Waals surface area contributed by atoms with Crippen LogP contribution in [0.15, 0.2) is 40.9 Å². The lowest BCUT2D eigenvalue weighted by atomic mass is 10.2. The summed E-state index contributed by atoms with van der Waals surface area (Å²) in [6.07, 6.45) is 0. The van der Waals surface area contributed by atoms with Crippen LogP contribution >= 0.6 is 15.9 Å². The molecule has 0 radical (unpaired) electrons. The minimum absolute atomic E-state index is 0.733. The second-order valence-corrected chi connectivity index (χ2v) is 4.92. The summed E-state index contributed by atoms with van der Waals surface area (Å²) in [5, 5.41) is 3.28. The van der Waals surface area contributed by atoms with E-state index in [0.717, 1.165) is 32.8 Å². The van der Waals surface area contributed by atoms with Crippen molar-refractivity contribution in [1.82, 2.24) is 0 Å². The van der Waals surface area contributed by atoms with Crippen LogP contribution in [-0.4, -0.2) is 7.11 Å². The van der Waals surface area contributed by atoms with Crippen LogP contribution in [0.2, 0.25) is 0 Å². The summed E-state index contributed by atoms with van der Waals surface area (Å²) in [6, 6.07) is 11.8. The molecule has 2 rings (SSSR count). The van der Waals surface area contributed by atoms with E-state index in [9.17, 15) is 0 Å². The van der Waals surface area contributed by atoms with Gasteiger partial charge in [-0.25, -0.2) is 0 Å². The molecule has 0 atom stereocenters. The van der Waals surface area contributed by atoms with Gasteiger partial charge in [-0.15, -0.1) is 0 Å². The van der Waals surface area contributed by atoms with Gasteiger partial charge in [0.1, 0.15) is 5.75 Å². The lowest BCUT2D eigenvalue weighted by Gasteiger charge is -2.11. The summed E-state index contributed by atoms with van der Waals surface area (Å²) in [5.74, 6) is 0.783. The summed E-state index contributed by atoms with van der Waals surface area (Å²) in [4.78, 5) is 0. The van der Waals surface area contributed by atoms with E-state index in [-0.39, 0.29) is 0 Å². The third kappa shape index (κ3) is 2.76. The van der Waals surface area contributed by atoms with Crippen LogP contribution in [-0.2, 0) is 0 Å². The molecule has 0 aliphatic heterocycles. The van der Waals surface area contributed by atoms with E-state index in [1.165, 1.54) is 0 Å². The zero-order valence-corrected chi connectivity index (χ0v) is 11.9. The van der Waals surface area contributed by atoms with Crippen molar-refractivity contribution in [3.05, 3.63) is 46.4 Å². The quantitative estimate of drug-likeness (QED) is 0.840. The predicted octanol–water partition coefficient (Wildman–Crippen LogP) is 4.09. The van der Waals surface area contributed by atoms with Gasteiger partial charge in [-0.1, -0.05) is 6.07 Å². The van der Waals surface area contributed by atoms with Gasteiger partial charge in [-0.2, -0.15) is 0 Å². The molecule has 0 aliphatic carbocycles. The zero-order valence-electron chi connectivity index (χ0n) is 10.3. The van der Waals surface area contributed by atoms with Crippen molar-refractivity contribution in [2.45, 2.75) is 6.92 Å². The van der Waals surface area contributed by atoms with E-state index < -0.39 is 0 Å². The molecule has 0 saturated carbocycles. The molecule has 4 heteroatoms. The van der Waals surface area contributed by atoms with Gasteiger partial charge in [0.05, 0.1) is 23.0 Å². The van der Waals surface area contributed by atoms with Crippen LogP contribution in [0.1, 0.15) is 5.56 Å². The number of nitrogens with two attached hydrogens (primary N) is 1. The van der Waals surface area contributed by atoms with Gasteiger partial charge in [-0.3, -0.25) is 0 Å². The van der Waals surface area contributed by atoms with Gasteiger partial charge in [0.25, 0.3) is 0 Å². The van der Waals surface area contributed by atoms with E-state index in [0.29, 0.717) is 0 Å². The average molecular weight is 307 g/mol. The Bertz CT molecular complexity index is 570. The largest absolute Gasteiger partial charge is 0.495 e. The first-order valence-corrected chi connectivity index (χ1v) is 6.36. The Morgan fingerprint density at radius 3 is 2.61 bits per heavy atom. The van der Waals surface area contributed by atoms with Gasteiger partial charge < -0.3 is 15.8 Å². The van der Waals surface area contributed by atoms with Crippen molar-refractivity contribution < 1.29 is 4.74 Å². The summed E-state index contributed by atoms with van der Waals surface area (Å²) in [6.45, 7) is 2.02. The van der Waals surface area contributed by atoms with Crippen molar-refractivity contribution in [3.8, 4) is 5.75 Å². The number of halogens is 1. The molecule has 0 bridgehead atoms. The molecule has 2 aromatic rings. The van der Waals surface area contributed by atoms with E-state index >= 15 is 0 Å². The summed E-state index contributed by atoms with van der Waals surface area (Å²) < 4.78 is 6.18. The lowest BCUT2D eigenvalue weighted by molar-refractivity contribution is 0.412. The van der Waals surface area contributed by atoms with Crippen molar-refractivity contribution in [3.63, 3.8) is 0 Å². The monoisotopic (exact) mass is 306 g/mol. The number of hydrogen-bond acceptors (Lipinski definition) is 3.